The molecule has 1 aromatic carbocycles. The highest BCUT2D eigenvalue weighted by atomic mass is 32.1. The summed E-state index contributed by atoms with van der Waals surface area (Å²) < 4.78 is 13.3. The maximum Gasteiger partial charge on any atom is 0.221 e. The molecule has 0 spiro atoms. The lowest BCUT2D eigenvalue weighted by atomic mass is 9.98. The summed E-state index contributed by atoms with van der Waals surface area (Å²) in [5, 5.41) is 5.58. The topological polar surface area (TPSA) is 42.0 Å². The maximum absolute atomic E-state index is 13.3. The van der Waals surface area contributed by atoms with Gasteiger partial charge in [0.1, 0.15) is 5.82 Å². The molecule has 1 amide bonds. The number of carbonyl (C=O) groups excluding carboxylic acids is 1. The fourth-order valence-electron chi connectivity index (χ4n) is 1.77. The van der Waals surface area contributed by atoms with Crippen molar-refractivity contribution in [2.75, 3.05) is 5.32 Å². The molecule has 0 bridgehead atoms. The Hall–Kier alpha value is -1.75. The maximum atomic E-state index is 13.3. The Kier molecular flexibility index (Phi) is 3.90. The number of nitrogens with one attached hydrogen (secondary N) is 1. The van der Waals surface area contributed by atoms with E-state index < -0.39 is 0 Å². The molecule has 0 radical (unpaired) electrons. The first kappa shape index (κ1) is 14.7. The quantitative estimate of drug-likeness (QED) is 0.901. The normalized spacial score (nSPS) is 11.4. The second-order valence-electron chi connectivity index (χ2n) is 5.66. The third-order valence-electron chi connectivity index (χ3n) is 2.71. The third-order valence-corrected chi connectivity index (χ3v) is 3.98. The van der Waals surface area contributed by atoms with Gasteiger partial charge in [-0.25, -0.2) is 9.37 Å². The molecule has 0 fully saturated rings. The van der Waals surface area contributed by atoms with Gasteiger partial charge in [-0.1, -0.05) is 20.8 Å². The predicted molar refractivity (Wildman–Crippen MR) is 80.5 cm³/mol. The van der Waals surface area contributed by atoms with E-state index in [4.69, 9.17) is 0 Å². The largest absolute Gasteiger partial charge is 0.326 e. The van der Waals surface area contributed by atoms with Crippen molar-refractivity contribution in [1.29, 1.82) is 0 Å². The number of rotatable bonds is 2. The number of amides is 1. The zero-order chi connectivity index (χ0) is 14.9. The number of nitrogens with zero attached hydrogens (tertiary/aromatic N) is 1. The van der Waals surface area contributed by atoms with Gasteiger partial charge in [-0.15, -0.1) is 11.3 Å². The van der Waals surface area contributed by atoms with Crippen molar-refractivity contribution in [2.24, 2.45) is 0 Å². The van der Waals surface area contributed by atoms with Crippen LogP contribution in [0.2, 0.25) is 0 Å². The van der Waals surface area contributed by atoms with Crippen LogP contribution in [0.4, 0.5) is 10.1 Å². The molecular formula is C15H17FN2OS. The summed E-state index contributed by atoms with van der Waals surface area (Å²) in [6, 6.07) is 4.33. The van der Waals surface area contributed by atoms with Crippen LogP contribution in [0.15, 0.2) is 23.6 Å². The first-order chi connectivity index (χ1) is 9.27. The number of aromatic nitrogens is 1. The highest BCUT2D eigenvalue weighted by Gasteiger charge is 2.19. The summed E-state index contributed by atoms with van der Waals surface area (Å²) in [4.78, 5) is 15.8. The van der Waals surface area contributed by atoms with Crippen LogP contribution < -0.4 is 5.32 Å². The van der Waals surface area contributed by atoms with Crippen LogP contribution in [0.3, 0.4) is 0 Å². The molecule has 0 atom stereocenters. The number of halogens is 1. The molecule has 0 aliphatic rings. The van der Waals surface area contributed by atoms with Crippen LogP contribution in [0, 0.1) is 5.82 Å². The number of benzene rings is 1. The minimum atomic E-state index is -0.385. The summed E-state index contributed by atoms with van der Waals surface area (Å²) in [5.74, 6) is -0.619. The lowest BCUT2D eigenvalue weighted by Gasteiger charge is -2.14. The van der Waals surface area contributed by atoms with E-state index in [2.05, 4.69) is 31.1 Å². The fourth-order valence-corrected chi connectivity index (χ4v) is 2.68. The molecule has 3 nitrogen and oxygen atoms in total. The molecule has 2 aromatic rings. The summed E-state index contributed by atoms with van der Waals surface area (Å²) >= 11 is 1.57. The lowest BCUT2D eigenvalue weighted by molar-refractivity contribution is -0.114. The van der Waals surface area contributed by atoms with E-state index in [-0.39, 0.29) is 17.1 Å². The first-order valence-corrected chi connectivity index (χ1v) is 7.19. The Morgan fingerprint density at radius 3 is 2.60 bits per heavy atom. The van der Waals surface area contributed by atoms with Crippen molar-refractivity contribution < 1.29 is 9.18 Å². The van der Waals surface area contributed by atoms with Crippen molar-refractivity contribution in [1.82, 2.24) is 4.98 Å². The van der Waals surface area contributed by atoms with Crippen LogP contribution in [0.1, 0.15) is 32.7 Å². The third kappa shape index (κ3) is 3.22. The zero-order valence-electron chi connectivity index (χ0n) is 12.0. The van der Waals surface area contributed by atoms with E-state index in [1.807, 2.05) is 5.38 Å². The Morgan fingerprint density at radius 2 is 2.05 bits per heavy atom. The minimum Gasteiger partial charge on any atom is -0.326 e. The summed E-state index contributed by atoms with van der Waals surface area (Å²) in [7, 11) is 0. The first-order valence-electron chi connectivity index (χ1n) is 6.31. The second-order valence-corrected chi connectivity index (χ2v) is 6.52. The molecule has 0 unspecified atom stereocenters. The zero-order valence-corrected chi connectivity index (χ0v) is 12.8. The molecule has 1 aromatic heterocycles. The molecular weight excluding hydrogens is 275 g/mol. The molecule has 106 valence electrons. The van der Waals surface area contributed by atoms with Gasteiger partial charge in [0.25, 0.3) is 0 Å². The van der Waals surface area contributed by atoms with E-state index in [0.29, 0.717) is 5.69 Å². The Bertz CT molecular complexity index is 644. The van der Waals surface area contributed by atoms with Gasteiger partial charge < -0.3 is 5.32 Å². The summed E-state index contributed by atoms with van der Waals surface area (Å²) in [6.45, 7) is 7.68. The average molecular weight is 292 g/mol. The van der Waals surface area contributed by atoms with Gasteiger partial charge in [0.2, 0.25) is 5.91 Å². The van der Waals surface area contributed by atoms with Crippen LogP contribution in [-0.4, -0.2) is 10.9 Å². The molecule has 1 N–H and O–H groups in total. The highest BCUT2D eigenvalue weighted by Crippen LogP contribution is 2.33. The van der Waals surface area contributed by atoms with Crippen molar-refractivity contribution in [2.45, 2.75) is 33.1 Å². The minimum absolute atomic E-state index is 0.0306. The van der Waals surface area contributed by atoms with Crippen LogP contribution in [-0.2, 0) is 10.2 Å². The van der Waals surface area contributed by atoms with Gasteiger partial charge in [-0.05, 0) is 18.2 Å². The Balaban J connectivity index is 2.46. The molecule has 0 aliphatic heterocycles. The number of anilines is 1. The molecule has 2 rings (SSSR count). The van der Waals surface area contributed by atoms with E-state index in [1.165, 1.54) is 19.1 Å². The van der Waals surface area contributed by atoms with Crippen LogP contribution in [0.25, 0.3) is 11.3 Å². The van der Waals surface area contributed by atoms with E-state index in [9.17, 15) is 9.18 Å². The van der Waals surface area contributed by atoms with Crippen molar-refractivity contribution >= 4 is 22.9 Å². The van der Waals surface area contributed by atoms with E-state index in [1.54, 1.807) is 17.4 Å². The SMILES string of the molecule is CC(=O)Nc1cc(F)ccc1-c1csc(C(C)(C)C)n1. The van der Waals surface area contributed by atoms with Crippen molar-refractivity contribution in [3.63, 3.8) is 0 Å². The Morgan fingerprint density at radius 1 is 1.35 bits per heavy atom. The second kappa shape index (κ2) is 5.32. The number of thiazole rings is 1. The molecule has 0 saturated heterocycles. The highest BCUT2D eigenvalue weighted by molar-refractivity contribution is 7.10. The van der Waals surface area contributed by atoms with Crippen molar-refractivity contribution in [3.05, 3.63) is 34.4 Å². The molecule has 20 heavy (non-hydrogen) atoms. The van der Waals surface area contributed by atoms with Gasteiger partial charge in [0.05, 0.1) is 16.4 Å². The van der Waals surface area contributed by atoms with Crippen LogP contribution >= 0.6 is 11.3 Å². The number of hydrogen-bond donors (Lipinski definition) is 1. The molecule has 0 aliphatic carbocycles. The summed E-state index contributed by atoms with van der Waals surface area (Å²) in [5.41, 5.74) is 1.90. The van der Waals surface area contributed by atoms with Gasteiger partial charge in [-0.2, -0.15) is 0 Å². The van der Waals surface area contributed by atoms with E-state index >= 15 is 0 Å². The number of hydrogen-bond acceptors (Lipinski definition) is 3. The molecule has 1 heterocycles. The smallest absolute Gasteiger partial charge is 0.221 e. The van der Waals surface area contributed by atoms with E-state index in [0.717, 1.165) is 16.3 Å². The van der Waals surface area contributed by atoms with Crippen LogP contribution in [0.5, 0.6) is 0 Å². The predicted octanol–water partition coefficient (Wildman–Crippen LogP) is 4.21. The van der Waals surface area contributed by atoms with Gasteiger partial charge in [0.15, 0.2) is 0 Å². The standard InChI is InChI=1S/C15H17FN2OS/c1-9(19)17-12-7-10(16)5-6-11(12)13-8-20-14(18-13)15(2,3)4/h5-8H,1-4H3,(H,17,19). The fraction of sp³-hybridized carbons (Fsp3) is 0.333. The molecule has 0 saturated carbocycles. The van der Waals surface area contributed by atoms with Crippen molar-refractivity contribution in [3.8, 4) is 11.3 Å². The monoisotopic (exact) mass is 292 g/mol. The van der Waals surface area contributed by atoms with Gasteiger partial charge >= 0.3 is 0 Å². The Labute approximate surface area is 121 Å². The van der Waals surface area contributed by atoms with Gasteiger partial charge in [0, 0.05) is 23.3 Å². The summed E-state index contributed by atoms with van der Waals surface area (Å²) in [6.07, 6.45) is 0. The molecule has 5 heteroatoms. The number of carbonyl (C=O) groups is 1. The lowest BCUT2D eigenvalue weighted by Crippen LogP contribution is -2.10. The average Bonchev–Trinajstić information content (AvgIpc) is 2.77. The van der Waals surface area contributed by atoms with Gasteiger partial charge in [-0.3, -0.25) is 4.79 Å².